The van der Waals surface area contributed by atoms with Crippen molar-refractivity contribution in [2.24, 2.45) is 5.92 Å². The third kappa shape index (κ3) is 2.73. The van der Waals surface area contributed by atoms with Gasteiger partial charge in [0.25, 0.3) is 0 Å². The molecule has 1 aliphatic carbocycles. The fourth-order valence-corrected chi connectivity index (χ4v) is 3.40. The van der Waals surface area contributed by atoms with E-state index in [1.165, 1.54) is 32.1 Å². The highest BCUT2D eigenvalue weighted by molar-refractivity contribution is 6.28. The first kappa shape index (κ1) is 13.6. The lowest BCUT2D eigenvalue weighted by Crippen LogP contribution is -2.32. The predicted octanol–water partition coefficient (Wildman–Crippen LogP) is 4.66. The average Bonchev–Trinajstić information content (AvgIpc) is 2.47. The van der Waals surface area contributed by atoms with Gasteiger partial charge in [-0.15, -0.1) is 0 Å². The van der Waals surface area contributed by atoms with E-state index in [1.807, 2.05) is 18.2 Å². The van der Waals surface area contributed by atoms with E-state index < -0.39 is 0 Å². The first-order valence-corrected chi connectivity index (χ1v) is 7.84. The van der Waals surface area contributed by atoms with Crippen molar-refractivity contribution < 1.29 is 0 Å². The van der Waals surface area contributed by atoms with Gasteiger partial charge >= 0.3 is 0 Å². The average molecular weight is 290 g/mol. The van der Waals surface area contributed by atoms with Crippen LogP contribution >= 0.6 is 11.6 Å². The molecule has 1 aromatic heterocycles. The molecule has 1 aromatic carbocycles. The number of rotatable bonds is 3. The second kappa shape index (κ2) is 5.96. The Hall–Kier alpha value is -1.35. The SMILES string of the molecule is CCC1CCCCC1Nc1nc(Cl)nc2ccccc12. The molecule has 0 amide bonds. The van der Waals surface area contributed by atoms with E-state index in [-0.39, 0.29) is 0 Å². The topological polar surface area (TPSA) is 37.8 Å². The van der Waals surface area contributed by atoms with Crippen LogP contribution in [0.4, 0.5) is 5.82 Å². The Morgan fingerprint density at radius 1 is 1.20 bits per heavy atom. The molecule has 0 bridgehead atoms. The molecule has 2 atom stereocenters. The van der Waals surface area contributed by atoms with Gasteiger partial charge in [-0.25, -0.2) is 9.97 Å². The van der Waals surface area contributed by atoms with E-state index in [1.54, 1.807) is 0 Å². The molecule has 1 fully saturated rings. The Morgan fingerprint density at radius 3 is 2.85 bits per heavy atom. The summed E-state index contributed by atoms with van der Waals surface area (Å²) in [5.74, 6) is 1.61. The van der Waals surface area contributed by atoms with Gasteiger partial charge in [-0.05, 0) is 42.5 Å². The highest BCUT2D eigenvalue weighted by Crippen LogP contribution is 2.31. The zero-order valence-electron chi connectivity index (χ0n) is 11.8. The Balaban J connectivity index is 1.93. The second-order valence-corrected chi connectivity index (χ2v) is 5.90. The molecule has 0 aliphatic heterocycles. The molecule has 1 aliphatic rings. The van der Waals surface area contributed by atoms with Crippen LogP contribution < -0.4 is 5.32 Å². The molecule has 3 nitrogen and oxygen atoms in total. The van der Waals surface area contributed by atoms with Gasteiger partial charge < -0.3 is 5.32 Å². The minimum atomic E-state index is 0.315. The minimum Gasteiger partial charge on any atom is -0.366 e. The maximum absolute atomic E-state index is 6.05. The van der Waals surface area contributed by atoms with Crippen molar-refractivity contribution in [3.05, 3.63) is 29.5 Å². The number of hydrogen-bond acceptors (Lipinski definition) is 3. The van der Waals surface area contributed by atoms with Crippen LogP contribution in [0.2, 0.25) is 5.28 Å². The molecule has 4 heteroatoms. The van der Waals surface area contributed by atoms with Crippen LogP contribution in [0.15, 0.2) is 24.3 Å². The van der Waals surface area contributed by atoms with Crippen molar-refractivity contribution >= 4 is 28.3 Å². The molecule has 3 rings (SSSR count). The van der Waals surface area contributed by atoms with Crippen LogP contribution in [0.3, 0.4) is 0 Å². The number of halogens is 1. The Labute approximate surface area is 124 Å². The summed E-state index contributed by atoms with van der Waals surface area (Å²) in [6.07, 6.45) is 6.39. The van der Waals surface area contributed by atoms with Crippen molar-refractivity contribution in [1.82, 2.24) is 9.97 Å². The Bertz CT molecular complexity index is 599. The lowest BCUT2D eigenvalue weighted by Gasteiger charge is -2.32. The van der Waals surface area contributed by atoms with E-state index >= 15 is 0 Å². The van der Waals surface area contributed by atoms with Crippen LogP contribution in [-0.4, -0.2) is 16.0 Å². The van der Waals surface area contributed by atoms with Gasteiger partial charge in [0.2, 0.25) is 5.28 Å². The van der Waals surface area contributed by atoms with Gasteiger partial charge in [-0.2, -0.15) is 0 Å². The molecule has 0 spiro atoms. The number of anilines is 1. The highest BCUT2D eigenvalue weighted by atomic mass is 35.5. The van der Waals surface area contributed by atoms with E-state index in [0.29, 0.717) is 11.3 Å². The standard InChI is InChI=1S/C16H20ClN3/c1-2-11-7-3-5-9-13(11)18-15-12-8-4-6-10-14(12)19-16(17)20-15/h4,6,8,10-11,13H,2-3,5,7,9H2,1H3,(H,18,19,20). The van der Waals surface area contributed by atoms with Crippen molar-refractivity contribution in [2.75, 3.05) is 5.32 Å². The fourth-order valence-electron chi connectivity index (χ4n) is 3.22. The first-order valence-electron chi connectivity index (χ1n) is 7.46. The summed E-state index contributed by atoms with van der Waals surface area (Å²) in [5, 5.41) is 5.00. The van der Waals surface area contributed by atoms with Crippen molar-refractivity contribution in [3.63, 3.8) is 0 Å². The zero-order valence-corrected chi connectivity index (χ0v) is 12.5. The van der Waals surface area contributed by atoms with Crippen molar-refractivity contribution in [2.45, 2.75) is 45.1 Å². The molecule has 0 radical (unpaired) electrons. The summed E-state index contributed by atoms with van der Waals surface area (Å²) in [4.78, 5) is 8.69. The smallest absolute Gasteiger partial charge is 0.224 e. The summed E-state index contributed by atoms with van der Waals surface area (Å²) in [6.45, 7) is 2.27. The third-order valence-corrected chi connectivity index (χ3v) is 4.50. The second-order valence-electron chi connectivity index (χ2n) is 5.56. The summed E-state index contributed by atoms with van der Waals surface area (Å²) >= 11 is 6.05. The van der Waals surface area contributed by atoms with Crippen LogP contribution in [-0.2, 0) is 0 Å². The first-order chi connectivity index (χ1) is 9.78. The zero-order chi connectivity index (χ0) is 13.9. The number of hydrogen-bond donors (Lipinski definition) is 1. The monoisotopic (exact) mass is 289 g/mol. The molecular weight excluding hydrogens is 270 g/mol. The molecule has 0 saturated heterocycles. The Morgan fingerprint density at radius 2 is 2.00 bits per heavy atom. The molecule has 106 valence electrons. The summed E-state index contributed by atoms with van der Waals surface area (Å²) in [6, 6.07) is 8.53. The van der Waals surface area contributed by atoms with Gasteiger partial charge in [0.15, 0.2) is 0 Å². The highest BCUT2D eigenvalue weighted by Gasteiger charge is 2.24. The van der Waals surface area contributed by atoms with Crippen LogP contribution in [0.25, 0.3) is 10.9 Å². The van der Waals surface area contributed by atoms with Gasteiger partial charge in [0.05, 0.1) is 5.52 Å². The van der Waals surface area contributed by atoms with Crippen molar-refractivity contribution in [1.29, 1.82) is 0 Å². The van der Waals surface area contributed by atoms with Crippen LogP contribution in [0.5, 0.6) is 0 Å². The molecule has 1 saturated carbocycles. The van der Waals surface area contributed by atoms with Crippen LogP contribution in [0, 0.1) is 5.92 Å². The number of nitrogens with one attached hydrogen (secondary N) is 1. The number of benzene rings is 1. The predicted molar refractivity (Wildman–Crippen MR) is 84.2 cm³/mol. The summed E-state index contributed by atoms with van der Waals surface area (Å²) < 4.78 is 0. The molecule has 1 N–H and O–H groups in total. The van der Waals surface area contributed by atoms with Crippen LogP contribution in [0.1, 0.15) is 39.0 Å². The van der Waals surface area contributed by atoms with Gasteiger partial charge in [0, 0.05) is 11.4 Å². The third-order valence-electron chi connectivity index (χ3n) is 4.33. The van der Waals surface area contributed by atoms with Gasteiger partial charge in [0.1, 0.15) is 5.82 Å². The van der Waals surface area contributed by atoms with E-state index in [2.05, 4.69) is 28.3 Å². The lowest BCUT2D eigenvalue weighted by molar-refractivity contribution is 0.317. The van der Waals surface area contributed by atoms with E-state index in [4.69, 9.17) is 11.6 Å². The molecule has 20 heavy (non-hydrogen) atoms. The van der Waals surface area contributed by atoms with E-state index in [9.17, 15) is 0 Å². The maximum atomic E-state index is 6.05. The van der Waals surface area contributed by atoms with E-state index in [0.717, 1.165) is 22.6 Å². The van der Waals surface area contributed by atoms with Crippen molar-refractivity contribution in [3.8, 4) is 0 Å². The van der Waals surface area contributed by atoms with Gasteiger partial charge in [-0.3, -0.25) is 0 Å². The summed E-state index contributed by atoms with van der Waals surface area (Å²) in [7, 11) is 0. The molecule has 1 heterocycles. The fraction of sp³-hybridized carbons (Fsp3) is 0.500. The van der Waals surface area contributed by atoms with Gasteiger partial charge in [-0.1, -0.05) is 38.3 Å². The Kier molecular flexibility index (Phi) is 4.06. The maximum Gasteiger partial charge on any atom is 0.224 e. The number of para-hydroxylation sites is 1. The molecule has 2 aromatic rings. The quantitative estimate of drug-likeness (QED) is 0.835. The number of nitrogens with zero attached hydrogens (tertiary/aromatic N) is 2. The molecule has 2 unspecified atom stereocenters. The largest absolute Gasteiger partial charge is 0.366 e. The number of fused-ring (bicyclic) bond motifs is 1. The number of aromatic nitrogens is 2. The molecular formula is C16H20ClN3. The lowest BCUT2D eigenvalue weighted by atomic mass is 9.83. The normalized spacial score (nSPS) is 22.9. The summed E-state index contributed by atoms with van der Waals surface area (Å²) in [5.41, 5.74) is 0.902. The minimum absolute atomic E-state index is 0.315.